The third-order valence-electron chi connectivity index (χ3n) is 19.7. The largest absolute Gasteiger partial charge is 0.455 e. The molecule has 0 bridgehead atoms. The number of hydrogen-bond acceptors (Lipinski definition) is 9. The zero-order valence-electron chi connectivity index (χ0n) is 71.5. The molecule has 9 heterocycles. The molecular formula is C108H78Ir3N6O3-6. The molecule has 3 radical (unpaired) electrons. The topological polar surface area (TPSA) is 117 Å². The second-order valence-electron chi connectivity index (χ2n) is 27.7. The molecule has 0 aliphatic rings. The summed E-state index contributed by atoms with van der Waals surface area (Å²) in [6.45, 7) is 4.16. The van der Waals surface area contributed by atoms with E-state index >= 15 is 0 Å². The molecule has 0 atom stereocenters. The Hall–Kier alpha value is -13.1. The van der Waals surface area contributed by atoms with Gasteiger partial charge in [-0.05, 0) is 128 Å². The predicted molar refractivity (Wildman–Crippen MR) is 478 cm³/mol. The van der Waals surface area contributed by atoms with E-state index in [-0.39, 0.29) is 65.9 Å². The summed E-state index contributed by atoms with van der Waals surface area (Å²) in [5.74, 6) is 0. The Balaban J connectivity index is 0.000000131. The van der Waals surface area contributed by atoms with Gasteiger partial charge < -0.3 is 43.2 Å². The van der Waals surface area contributed by atoms with E-state index in [0.29, 0.717) is 11.3 Å². The van der Waals surface area contributed by atoms with Gasteiger partial charge in [-0.25, -0.2) is 0 Å². The van der Waals surface area contributed by atoms with Gasteiger partial charge in [0.2, 0.25) is 0 Å². The van der Waals surface area contributed by atoms with Crippen LogP contribution in [0.4, 0.5) is 0 Å². The van der Waals surface area contributed by atoms with E-state index in [9.17, 15) is 0 Å². The maximum absolute atomic E-state index is 7.33. The van der Waals surface area contributed by atoms with Crippen molar-refractivity contribution in [1.82, 2.24) is 29.9 Å². The summed E-state index contributed by atoms with van der Waals surface area (Å²) in [5, 5.41) is 6.84. The first-order chi connectivity index (χ1) is 59.9. The number of benzene rings is 12. The van der Waals surface area contributed by atoms with Crippen molar-refractivity contribution in [3.8, 4) is 101 Å². The molecule has 21 aromatic rings. The van der Waals surface area contributed by atoms with Crippen molar-refractivity contribution in [2.45, 2.75) is 41.4 Å². The van der Waals surface area contributed by atoms with Gasteiger partial charge in [-0.15, -0.1) is 215 Å². The van der Waals surface area contributed by atoms with Crippen molar-refractivity contribution in [3.05, 3.63) is 435 Å². The number of hydrogen-bond donors (Lipinski definition) is 0. The van der Waals surface area contributed by atoms with E-state index < -0.39 is 13.7 Å². The fraction of sp³-hybridized carbons (Fsp3) is 0.0556. The van der Waals surface area contributed by atoms with E-state index in [2.05, 4.69) is 178 Å². The summed E-state index contributed by atoms with van der Waals surface area (Å²) >= 11 is 0. The summed E-state index contributed by atoms with van der Waals surface area (Å²) in [6.07, 6.45) is 8.72. The third kappa shape index (κ3) is 19.8. The Morgan fingerprint density at radius 3 is 0.892 bits per heavy atom. The van der Waals surface area contributed by atoms with Crippen LogP contribution in [0.3, 0.4) is 0 Å². The summed E-state index contributed by atoms with van der Waals surface area (Å²) in [5.41, 5.74) is 28.0. The molecule has 0 aliphatic heterocycles. The van der Waals surface area contributed by atoms with Crippen LogP contribution in [-0.4, -0.2) is 29.9 Å². The van der Waals surface area contributed by atoms with Gasteiger partial charge in [0.15, 0.2) is 0 Å². The first kappa shape index (κ1) is 76.8. The fourth-order valence-electron chi connectivity index (χ4n) is 14.0. The second-order valence-corrected chi connectivity index (χ2v) is 27.7. The molecule has 591 valence electrons. The molecule has 0 fully saturated rings. The van der Waals surface area contributed by atoms with Gasteiger partial charge in [-0.1, -0.05) is 163 Å². The van der Waals surface area contributed by atoms with Crippen molar-refractivity contribution in [2.24, 2.45) is 0 Å². The van der Waals surface area contributed by atoms with E-state index in [1.165, 1.54) is 35.2 Å². The van der Waals surface area contributed by atoms with E-state index in [4.69, 9.17) is 21.5 Å². The zero-order chi connectivity index (χ0) is 84.8. The standard InChI is InChI=1S/3C24H16NO.3C12H10N.3Ir/c3*1-16-14-22(17-8-3-2-4-9-17)25-15-21(16)20-12-7-11-19-18-10-5-6-13-23(18)26-24(19)20;1-10-6-5-9-12(13-10)11-7-3-2-4-8-11;1-10-7-8-13-12(9-10)11-5-3-2-4-6-11;1-10-7-8-12(13-9-10)11-5-3-2-4-6-11;;;/h3*2-8,10-15H,1H3;2-7,9H,1H3;2*2-5,7-9H,1H3;;;/q6*-1;;;/i;;;;2*1D3;;;. The minimum atomic E-state index is -2.09. The molecule has 0 saturated carbocycles. The quantitative estimate of drug-likeness (QED) is 0.130. The van der Waals surface area contributed by atoms with Crippen molar-refractivity contribution in [1.29, 1.82) is 0 Å². The van der Waals surface area contributed by atoms with Crippen LogP contribution in [0.25, 0.3) is 167 Å². The number of para-hydroxylation sites is 6. The maximum Gasteiger partial charge on any atom is 0.143 e. The van der Waals surface area contributed by atoms with E-state index in [1.54, 1.807) is 30.3 Å². The molecule has 0 aliphatic carbocycles. The Morgan fingerprint density at radius 2 is 0.567 bits per heavy atom. The van der Waals surface area contributed by atoms with Gasteiger partial charge in [0.05, 0.1) is 0 Å². The smallest absolute Gasteiger partial charge is 0.143 e. The molecule has 21 rings (SSSR count). The maximum atomic E-state index is 7.33. The van der Waals surface area contributed by atoms with Crippen LogP contribution < -0.4 is 0 Å². The normalized spacial score (nSPS) is 11.5. The number of fused-ring (bicyclic) bond motifs is 9. The molecule has 9 nitrogen and oxygen atoms in total. The van der Waals surface area contributed by atoms with Gasteiger partial charge in [0.1, 0.15) is 33.5 Å². The van der Waals surface area contributed by atoms with Crippen LogP contribution in [0.1, 0.15) is 41.7 Å². The molecule has 0 saturated heterocycles. The van der Waals surface area contributed by atoms with Crippen molar-refractivity contribution in [2.75, 3.05) is 0 Å². The number of furan rings is 3. The van der Waals surface area contributed by atoms with Crippen molar-refractivity contribution in [3.63, 3.8) is 0 Å². The number of nitrogens with zero attached hydrogens (tertiary/aromatic N) is 6. The summed E-state index contributed by atoms with van der Waals surface area (Å²) in [4.78, 5) is 26.7. The molecule has 0 unspecified atom stereocenters. The molecule has 0 spiro atoms. The monoisotopic (exact) mass is 2090 g/mol. The Morgan fingerprint density at radius 1 is 0.250 bits per heavy atom. The van der Waals surface area contributed by atoms with Gasteiger partial charge in [0.25, 0.3) is 0 Å². The summed E-state index contributed by atoms with van der Waals surface area (Å²) in [6, 6.07) is 127. The average molecular weight is 2090 g/mol. The Bertz CT molecular complexity index is 6740. The molecule has 0 N–H and O–H groups in total. The third-order valence-corrected chi connectivity index (χ3v) is 19.7. The van der Waals surface area contributed by atoms with Gasteiger partial charge in [-0.2, -0.15) is 0 Å². The van der Waals surface area contributed by atoms with Gasteiger partial charge >= 0.3 is 0 Å². The summed E-state index contributed by atoms with van der Waals surface area (Å²) in [7, 11) is 0. The molecule has 9 aromatic heterocycles. The average Bonchev–Trinajstić information content (AvgIpc) is 1.59. The molecular weight excluding hydrogens is 2010 g/mol. The molecule has 12 aromatic carbocycles. The number of aromatic nitrogens is 6. The van der Waals surface area contributed by atoms with E-state index in [0.717, 1.165) is 167 Å². The number of aryl methyl sites for hydroxylation is 6. The van der Waals surface area contributed by atoms with Crippen molar-refractivity contribution >= 4 is 65.8 Å². The van der Waals surface area contributed by atoms with Crippen LogP contribution in [0, 0.1) is 77.8 Å². The zero-order valence-corrected chi connectivity index (χ0v) is 72.7. The Kier molecular flexibility index (Phi) is 25.8. The molecule has 12 heteroatoms. The summed E-state index contributed by atoms with van der Waals surface area (Å²) < 4.78 is 62.2. The SMILES string of the molecule is Cc1cc(-c2[c-]cccc2)ncc1-c1cccc2c1oc1ccccc12.Cc1cc(-c2[c-]cccc2)ncc1-c1cccc2c1oc1ccccc12.Cc1cc(-c2[c-]cccc2)ncc1-c1cccc2c1oc1ccccc12.Cc1cccc(-c2[c-]cccc2)n1.[2H]C([2H])([2H])c1ccc(-c2[c-]cccc2)nc1.[2H]C([2H])([2H])c1ccnc(-c2[c-]cccc2)c1.[Ir].[Ir].[Ir]. The van der Waals surface area contributed by atoms with Crippen LogP contribution in [0.2, 0.25) is 0 Å². The fourth-order valence-corrected chi connectivity index (χ4v) is 14.0. The van der Waals surface area contributed by atoms with Crippen LogP contribution in [0.5, 0.6) is 0 Å². The first-order valence-corrected chi connectivity index (χ1v) is 38.3. The molecule has 0 amide bonds. The minimum Gasteiger partial charge on any atom is -0.455 e. The second kappa shape index (κ2) is 40.4. The van der Waals surface area contributed by atoms with Crippen LogP contribution >= 0.6 is 0 Å². The van der Waals surface area contributed by atoms with Crippen LogP contribution in [-0.2, 0) is 60.3 Å². The van der Waals surface area contributed by atoms with Crippen molar-refractivity contribution < 1.29 is 81.8 Å². The predicted octanol–water partition coefficient (Wildman–Crippen LogP) is 27.8. The number of rotatable bonds is 9. The first-order valence-electron chi connectivity index (χ1n) is 41.3. The van der Waals surface area contributed by atoms with Gasteiger partial charge in [-0.3, -0.25) is 0 Å². The Labute approximate surface area is 748 Å². The number of pyridine rings is 6. The molecule has 120 heavy (non-hydrogen) atoms. The minimum absolute atomic E-state index is 0. The van der Waals surface area contributed by atoms with E-state index in [1.807, 2.05) is 232 Å². The van der Waals surface area contributed by atoms with Gasteiger partial charge in [0, 0.05) is 171 Å². The van der Waals surface area contributed by atoms with Crippen LogP contribution in [0.15, 0.2) is 378 Å².